The first-order chi connectivity index (χ1) is 16.6. The summed E-state index contributed by atoms with van der Waals surface area (Å²) in [6, 6.07) is 2.20. The highest BCUT2D eigenvalue weighted by Crippen LogP contribution is 2.34. The molecule has 3 N–H and O–H groups in total. The molecule has 0 aliphatic carbocycles. The van der Waals surface area contributed by atoms with E-state index in [0.29, 0.717) is 31.9 Å². The maximum absolute atomic E-state index is 10.7. The largest absolute Gasteiger partial charge is 0.384 e. The number of morpholine rings is 1. The van der Waals surface area contributed by atoms with Crippen LogP contribution < -0.4 is 10.6 Å². The number of anilines is 2. The van der Waals surface area contributed by atoms with Crippen LogP contribution in [0.1, 0.15) is 4.88 Å². The maximum atomic E-state index is 10.7. The second-order valence-corrected chi connectivity index (χ2v) is 9.63. The minimum Gasteiger partial charge on any atom is -0.384 e. The van der Waals surface area contributed by atoms with E-state index in [2.05, 4.69) is 30.7 Å². The van der Waals surface area contributed by atoms with Crippen LogP contribution in [0, 0.1) is 0 Å². The summed E-state index contributed by atoms with van der Waals surface area (Å²) in [5.41, 5.74) is 6.39. The molecule has 3 aromatic heterocycles. The average molecular weight is 485 g/mol. The number of nitrogen functional groups attached to an aromatic ring is 1. The number of aldehydes is 1. The predicted molar refractivity (Wildman–Crippen MR) is 130 cm³/mol. The van der Waals surface area contributed by atoms with Crippen molar-refractivity contribution >= 4 is 39.6 Å². The van der Waals surface area contributed by atoms with Crippen molar-refractivity contribution in [2.45, 2.75) is 12.6 Å². The number of nitrogens with zero attached hydrogens (tertiary/aromatic N) is 7. The summed E-state index contributed by atoms with van der Waals surface area (Å²) in [5, 5.41) is 10.6. The van der Waals surface area contributed by atoms with Gasteiger partial charge in [0.2, 0.25) is 5.95 Å². The summed E-state index contributed by atoms with van der Waals surface area (Å²) in [6.07, 6.45) is 3.00. The molecule has 2 fully saturated rings. The number of aromatic nitrogens is 4. The standard InChI is InChI=1S/C22H28N8O3S/c23-22-24-10-15(11-25-22)19-26-20(30-5-7-33-8-6-30)18-9-17(34-21(18)27-19)13-29-3-1-28(2-4-29)12-16(32)14-31/h9-11,14,16,32H,1-8,12-13H2,(H2,23,24,25)/t16-/m1/s1. The van der Waals surface area contributed by atoms with Crippen molar-refractivity contribution in [3.63, 3.8) is 0 Å². The Morgan fingerprint density at radius 3 is 2.50 bits per heavy atom. The highest BCUT2D eigenvalue weighted by Gasteiger charge is 2.23. The average Bonchev–Trinajstić information content (AvgIpc) is 3.28. The third-order valence-electron chi connectivity index (χ3n) is 6.11. The van der Waals surface area contributed by atoms with Gasteiger partial charge < -0.3 is 25.3 Å². The first kappa shape index (κ1) is 23.0. The number of fused-ring (bicyclic) bond motifs is 1. The van der Waals surface area contributed by atoms with Crippen LogP contribution in [0.3, 0.4) is 0 Å². The number of aliphatic hydroxyl groups excluding tert-OH is 1. The minimum atomic E-state index is -0.910. The van der Waals surface area contributed by atoms with Crippen molar-refractivity contribution in [3.8, 4) is 11.4 Å². The second kappa shape index (κ2) is 10.2. The lowest BCUT2D eigenvalue weighted by molar-refractivity contribution is -0.115. The van der Waals surface area contributed by atoms with E-state index in [-0.39, 0.29) is 5.95 Å². The van der Waals surface area contributed by atoms with E-state index in [1.54, 1.807) is 23.7 Å². The van der Waals surface area contributed by atoms with Gasteiger partial charge in [-0.05, 0) is 6.07 Å². The number of β-amino-alcohol motifs (C(OH)–C–C–N with tert-alkyl or cyclic N) is 1. The van der Waals surface area contributed by atoms with Crippen molar-refractivity contribution in [3.05, 3.63) is 23.3 Å². The molecule has 0 amide bonds. The molecule has 12 heteroatoms. The number of hydrogen-bond donors (Lipinski definition) is 2. The van der Waals surface area contributed by atoms with E-state index >= 15 is 0 Å². The summed E-state index contributed by atoms with van der Waals surface area (Å²) in [4.78, 5) is 37.6. The zero-order valence-electron chi connectivity index (χ0n) is 18.8. The fourth-order valence-corrected chi connectivity index (χ4v) is 5.36. The Kier molecular flexibility index (Phi) is 6.92. The number of carbonyl (C=O) groups is 1. The summed E-state index contributed by atoms with van der Waals surface area (Å²) in [7, 11) is 0. The van der Waals surface area contributed by atoms with E-state index in [4.69, 9.17) is 20.4 Å². The van der Waals surface area contributed by atoms with Crippen LogP contribution in [0.5, 0.6) is 0 Å². The Bertz CT molecular complexity index is 1130. The van der Waals surface area contributed by atoms with E-state index in [0.717, 1.165) is 67.4 Å². The number of thiophene rings is 1. The van der Waals surface area contributed by atoms with Crippen LogP contribution >= 0.6 is 11.3 Å². The monoisotopic (exact) mass is 484 g/mol. The number of rotatable bonds is 7. The Balaban J connectivity index is 1.39. The number of hydrogen-bond acceptors (Lipinski definition) is 12. The minimum absolute atomic E-state index is 0.220. The van der Waals surface area contributed by atoms with Gasteiger partial charge in [-0.3, -0.25) is 9.80 Å². The van der Waals surface area contributed by atoms with E-state index < -0.39 is 6.10 Å². The zero-order chi connectivity index (χ0) is 23.5. The van der Waals surface area contributed by atoms with Gasteiger partial charge in [0.15, 0.2) is 5.82 Å². The summed E-state index contributed by atoms with van der Waals surface area (Å²) >= 11 is 1.68. The molecule has 0 saturated carbocycles. The number of nitrogens with two attached hydrogens (primary N) is 1. The van der Waals surface area contributed by atoms with Gasteiger partial charge in [-0.25, -0.2) is 19.9 Å². The molecule has 180 valence electrons. The molecule has 2 saturated heterocycles. The van der Waals surface area contributed by atoms with Gasteiger partial charge >= 0.3 is 0 Å². The molecule has 0 radical (unpaired) electrons. The lowest BCUT2D eigenvalue weighted by Gasteiger charge is -2.34. The molecule has 1 atom stereocenters. The fraction of sp³-hybridized carbons (Fsp3) is 0.500. The quantitative estimate of drug-likeness (QED) is 0.447. The lowest BCUT2D eigenvalue weighted by atomic mass is 10.2. The Hall–Kier alpha value is -2.77. The summed E-state index contributed by atoms with van der Waals surface area (Å²) in [6.45, 7) is 7.56. The number of piperazine rings is 1. The first-order valence-electron chi connectivity index (χ1n) is 11.4. The Morgan fingerprint density at radius 1 is 1.09 bits per heavy atom. The molecule has 0 aromatic carbocycles. The normalized spacial score (nSPS) is 18.9. The van der Waals surface area contributed by atoms with Gasteiger partial charge in [0.25, 0.3) is 0 Å². The van der Waals surface area contributed by atoms with Gasteiger partial charge in [-0.1, -0.05) is 0 Å². The molecule has 0 bridgehead atoms. The van der Waals surface area contributed by atoms with Crippen LogP contribution in [0.15, 0.2) is 18.5 Å². The second-order valence-electron chi connectivity index (χ2n) is 8.51. The van der Waals surface area contributed by atoms with E-state index in [1.165, 1.54) is 4.88 Å². The number of ether oxygens (including phenoxy) is 1. The van der Waals surface area contributed by atoms with Crippen LogP contribution in [0.25, 0.3) is 21.6 Å². The molecule has 0 spiro atoms. The first-order valence-corrected chi connectivity index (χ1v) is 12.2. The molecule has 34 heavy (non-hydrogen) atoms. The highest BCUT2D eigenvalue weighted by atomic mass is 32.1. The molecule has 3 aromatic rings. The topological polar surface area (TPSA) is 134 Å². The third kappa shape index (κ3) is 5.15. The van der Waals surface area contributed by atoms with Crippen molar-refractivity contribution in [2.75, 3.05) is 69.7 Å². The van der Waals surface area contributed by atoms with Gasteiger partial charge in [0, 0.05) is 69.6 Å². The SMILES string of the molecule is Nc1ncc(-c2nc(N3CCOCC3)c3cc(CN4CCN(C[C@@H](O)C=O)CC4)sc3n2)cn1. The van der Waals surface area contributed by atoms with Crippen molar-refractivity contribution in [1.82, 2.24) is 29.7 Å². The third-order valence-corrected chi connectivity index (χ3v) is 7.12. The molecule has 2 aliphatic rings. The lowest BCUT2D eigenvalue weighted by Crippen LogP contribution is -2.48. The fourth-order valence-electron chi connectivity index (χ4n) is 4.29. The molecule has 5 rings (SSSR count). The van der Waals surface area contributed by atoms with Gasteiger partial charge in [0.1, 0.15) is 23.0 Å². The summed E-state index contributed by atoms with van der Waals surface area (Å²) in [5.74, 6) is 1.72. The smallest absolute Gasteiger partial charge is 0.219 e. The summed E-state index contributed by atoms with van der Waals surface area (Å²) < 4.78 is 5.54. The molecule has 0 unspecified atom stereocenters. The zero-order valence-corrected chi connectivity index (χ0v) is 19.7. The van der Waals surface area contributed by atoms with Crippen LogP contribution in [-0.2, 0) is 16.1 Å². The molecular weight excluding hydrogens is 456 g/mol. The van der Waals surface area contributed by atoms with Crippen molar-refractivity contribution < 1.29 is 14.6 Å². The Morgan fingerprint density at radius 2 is 1.79 bits per heavy atom. The van der Waals surface area contributed by atoms with Crippen LogP contribution in [0.4, 0.5) is 11.8 Å². The van der Waals surface area contributed by atoms with Crippen LogP contribution in [-0.4, -0.2) is 106 Å². The van der Waals surface area contributed by atoms with Crippen molar-refractivity contribution in [1.29, 1.82) is 0 Å². The van der Waals surface area contributed by atoms with Gasteiger partial charge in [-0.2, -0.15) is 0 Å². The number of aliphatic hydroxyl groups is 1. The molecular formula is C22H28N8O3S. The molecule has 11 nitrogen and oxygen atoms in total. The van der Waals surface area contributed by atoms with E-state index in [9.17, 15) is 9.90 Å². The molecule has 5 heterocycles. The van der Waals surface area contributed by atoms with Crippen LogP contribution in [0.2, 0.25) is 0 Å². The highest BCUT2D eigenvalue weighted by molar-refractivity contribution is 7.18. The molecule has 2 aliphatic heterocycles. The maximum Gasteiger partial charge on any atom is 0.219 e. The van der Waals surface area contributed by atoms with Crippen molar-refractivity contribution in [2.24, 2.45) is 0 Å². The number of carbonyl (C=O) groups excluding carboxylic acids is 1. The Labute approximate surface area is 201 Å². The van der Waals surface area contributed by atoms with Gasteiger partial charge in [0.05, 0.1) is 24.2 Å². The van der Waals surface area contributed by atoms with Gasteiger partial charge in [-0.15, -0.1) is 11.3 Å². The predicted octanol–water partition coefficient (Wildman–Crippen LogP) is 0.245. The van der Waals surface area contributed by atoms with E-state index in [1.807, 2.05) is 0 Å².